The molecule has 0 aliphatic carbocycles. The second-order valence-electron chi connectivity index (χ2n) is 5.95. The zero-order valence-electron chi connectivity index (χ0n) is 12.9. The minimum Gasteiger partial charge on any atom is -0.399 e. The maximum absolute atomic E-state index is 12.8. The van der Waals surface area contributed by atoms with E-state index in [2.05, 4.69) is 0 Å². The van der Waals surface area contributed by atoms with Crippen molar-refractivity contribution in [2.45, 2.75) is 6.42 Å². The highest BCUT2D eigenvalue weighted by atomic mass is 32.3. The van der Waals surface area contributed by atoms with Gasteiger partial charge in [-0.25, -0.2) is 0 Å². The SMILES string of the molecule is Nc1ccc(-c2ccc(N3CC(CS(=O)(=O)F)CC3=O)cc2)cc1. The second-order valence-corrected chi connectivity index (χ2v) is 7.36. The van der Waals surface area contributed by atoms with Crippen molar-refractivity contribution in [1.82, 2.24) is 0 Å². The van der Waals surface area contributed by atoms with E-state index in [0.717, 1.165) is 11.1 Å². The molecule has 0 saturated carbocycles. The van der Waals surface area contributed by atoms with E-state index in [0.29, 0.717) is 11.4 Å². The van der Waals surface area contributed by atoms with Crippen molar-refractivity contribution in [2.24, 2.45) is 5.92 Å². The molecule has 2 N–H and O–H groups in total. The largest absolute Gasteiger partial charge is 0.399 e. The van der Waals surface area contributed by atoms with E-state index in [1.165, 1.54) is 4.90 Å². The van der Waals surface area contributed by atoms with Crippen LogP contribution in [0.25, 0.3) is 11.1 Å². The molecule has 2 aromatic rings. The Morgan fingerprint density at radius 1 is 1.04 bits per heavy atom. The minimum absolute atomic E-state index is 0.0445. The smallest absolute Gasteiger partial charge is 0.302 e. The lowest BCUT2D eigenvalue weighted by Gasteiger charge is -2.17. The zero-order chi connectivity index (χ0) is 17.3. The average Bonchev–Trinajstić information content (AvgIpc) is 2.86. The van der Waals surface area contributed by atoms with Gasteiger partial charge in [-0.3, -0.25) is 4.79 Å². The number of carbonyl (C=O) groups is 1. The molecule has 0 radical (unpaired) electrons. The monoisotopic (exact) mass is 348 g/mol. The molecule has 1 aliphatic rings. The van der Waals surface area contributed by atoms with Crippen LogP contribution in [-0.4, -0.2) is 26.6 Å². The number of anilines is 2. The van der Waals surface area contributed by atoms with Gasteiger partial charge in [0.2, 0.25) is 5.91 Å². The van der Waals surface area contributed by atoms with Crippen LogP contribution in [0.5, 0.6) is 0 Å². The molecular weight excluding hydrogens is 331 g/mol. The van der Waals surface area contributed by atoms with Crippen molar-refractivity contribution in [3.05, 3.63) is 48.5 Å². The number of halogens is 1. The lowest BCUT2D eigenvalue weighted by molar-refractivity contribution is -0.117. The molecule has 1 atom stereocenters. The Balaban J connectivity index is 1.76. The number of rotatable bonds is 4. The molecule has 1 heterocycles. The van der Waals surface area contributed by atoms with Crippen LogP contribution in [0.4, 0.5) is 15.3 Å². The lowest BCUT2D eigenvalue weighted by Crippen LogP contribution is -2.25. The van der Waals surface area contributed by atoms with Gasteiger partial charge in [-0.2, -0.15) is 8.42 Å². The molecule has 126 valence electrons. The Bertz CT molecular complexity index is 848. The summed E-state index contributed by atoms with van der Waals surface area (Å²) < 4.78 is 34.3. The summed E-state index contributed by atoms with van der Waals surface area (Å²) >= 11 is 0. The lowest BCUT2D eigenvalue weighted by atomic mass is 10.0. The highest BCUT2D eigenvalue weighted by Crippen LogP contribution is 2.29. The Kier molecular flexibility index (Phi) is 4.28. The molecule has 0 aromatic heterocycles. The van der Waals surface area contributed by atoms with Crippen molar-refractivity contribution in [3.8, 4) is 11.1 Å². The molecule has 0 spiro atoms. The average molecular weight is 348 g/mol. The molecular formula is C17H17FN2O3S. The van der Waals surface area contributed by atoms with Crippen molar-refractivity contribution in [2.75, 3.05) is 22.9 Å². The molecule has 1 aliphatic heterocycles. The second kappa shape index (κ2) is 6.24. The van der Waals surface area contributed by atoms with Crippen LogP contribution in [0.2, 0.25) is 0 Å². The predicted molar refractivity (Wildman–Crippen MR) is 91.6 cm³/mol. The molecule has 7 heteroatoms. The Morgan fingerprint density at radius 2 is 1.58 bits per heavy atom. The molecule has 24 heavy (non-hydrogen) atoms. The normalized spacial score (nSPS) is 18.1. The highest BCUT2D eigenvalue weighted by Gasteiger charge is 2.33. The summed E-state index contributed by atoms with van der Waals surface area (Å²) in [5.41, 5.74) is 9.02. The van der Waals surface area contributed by atoms with Gasteiger partial charge in [0.15, 0.2) is 0 Å². The van der Waals surface area contributed by atoms with E-state index in [-0.39, 0.29) is 18.9 Å². The zero-order valence-corrected chi connectivity index (χ0v) is 13.7. The fourth-order valence-corrected chi connectivity index (χ4v) is 3.72. The summed E-state index contributed by atoms with van der Waals surface area (Å²) in [5.74, 6) is -1.31. The van der Waals surface area contributed by atoms with Gasteiger partial charge < -0.3 is 10.6 Å². The third-order valence-electron chi connectivity index (χ3n) is 4.06. The first-order valence-electron chi connectivity index (χ1n) is 7.50. The van der Waals surface area contributed by atoms with E-state index in [4.69, 9.17) is 5.73 Å². The Hall–Kier alpha value is -2.41. The van der Waals surface area contributed by atoms with Crippen LogP contribution in [0.15, 0.2) is 48.5 Å². The molecule has 1 amide bonds. The molecule has 1 unspecified atom stereocenters. The molecule has 2 aromatic carbocycles. The third kappa shape index (κ3) is 3.73. The summed E-state index contributed by atoms with van der Waals surface area (Å²) in [4.78, 5) is 13.6. The van der Waals surface area contributed by atoms with Gasteiger partial charge in [0, 0.05) is 30.3 Å². The number of nitrogens with two attached hydrogens (primary N) is 1. The quantitative estimate of drug-likeness (QED) is 0.680. The third-order valence-corrected chi connectivity index (χ3v) is 4.93. The Morgan fingerprint density at radius 3 is 2.12 bits per heavy atom. The summed E-state index contributed by atoms with van der Waals surface area (Å²) in [5, 5.41) is 0. The van der Waals surface area contributed by atoms with Gasteiger partial charge in [-0.1, -0.05) is 24.3 Å². The van der Waals surface area contributed by atoms with Crippen molar-refractivity contribution in [3.63, 3.8) is 0 Å². The number of nitrogens with zero attached hydrogens (tertiary/aromatic N) is 1. The summed E-state index contributed by atoms with van der Waals surface area (Å²) in [6.45, 7) is 0.212. The summed E-state index contributed by atoms with van der Waals surface area (Å²) in [6.07, 6.45) is 0.0445. The van der Waals surface area contributed by atoms with Gasteiger partial charge in [0.05, 0.1) is 5.75 Å². The number of benzene rings is 2. The standard InChI is InChI=1S/C17H17FN2O3S/c18-24(22,23)11-12-9-17(21)20(10-12)16-7-3-14(4-8-16)13-1-5-15(19)6-2-13/h1-8,12H,9-11,19H2. The Labute approximate surface area is 140 Å². The maximum Gasteiger partial charge on any atom is 0.302 e. The van der Waals surface area contributed by atoms with Crippen LogP contribution in [-0.2, 0) is 15.0 Å². The minimum atomic E-state index is -4.57. The van der Waals surface area contributed by atoms with Crippen LogP contribution in [0.1, 0.15) is 6.42 Å². The fraction of sp³-hybridized carbons (Fsp3) is 0.235. The van der Waals surface area contributed by atoms with Gasteiger partial charge in [-0.15, -0.1) is 3.89 Å². The summed E-state index contributed by atoms with van der Waals surface area (Å²) in [7, 11) is -4.57. The van der Waals surface area contributed by atoms with Crippen LogP contribution < -0.4 is 10.6 Å². The number of amides is 1. The first-order chi connectivity index (χ1) is 11.3. The van der Waals surface area contributed by atoms with Crippen molar-refractivity contribution in [1.29, 1.82) is 0 Å². The van der Waals surface area contributed by atoms with Gasteiger partial charge in [0.1, 0.15) is 0 Å². The predicted octanol–water partition coefficient (Wildman–Crippen LogP) is 2.59. The van der Waals surface area contributed by atoms with E-state index < -0.39 is 21.9 Å². The highest BCUT2D eigenvalue weighted by molar-refractivity contribution is 7.86. The maximum atomic E-state index is 12.8. The molecule has 0 bridgehead atoms. The first kappa shape index (κ1) is 16.4. The van der Waals surface area contributed by atoms with Crippen LogP contribution >= 0.6 is 0 Å². The number of nitrogen functional groups attached to an aromatic ring is 1. The number of hydrogen-bond donors (Lipinski definition) is 1. The molecule has 3 rings (SSSR count). The van der Waals surface area contributed by atoms with E-state index in [1.807, 2.05) is 36.4 Å². The van der Waals surface area contributed by atoms with E-state index in [9.17, 15) is 17.1 Å². The van der Waals surface area contributed by atoms with Gasteiger partial charge >= 0.3 is 10.2 Å². The van der Waals surface area contributed by atoms with Crippen LogP contribution in [0.3, 0.4) is 0 Å². The molecule has 5 nitrogen and oxygen atoms in total. The summed E-state index contributed by atoms with van der Waals surface area (Å²) in [6, 6.07) is 14.8. The van der Waals surface area contributed by atoms with Gasteiger partial charge in [0.25, 0.3) is 0 Å². The molecule has 1 fully saturated rings. The van der Waals surface area contributed by atoms with Crippen LogP contribution in [0, 0.1) is 5.92 Å². The van der Waals surface area contributed by atoms with E-state index in [1.54, 1.807) is 12.1 Å². The first-order valence-corrected chi connectivity index (χ1v) is 9.06. The van der Waals surface area contributed by atoms with Gasteiger partial charge in [-0.05, 0) is 35.4 Å². The van der Waals surface area contributed by atoms with Crippen molar-refractivity contribution < 1.29 is 17.1 Å². The molecule has 1 saturated heterocycles. The number of carbonyl (C=O) groups excluding carboxylic acids is 1. The number of hydrogen-bond acceptors (Lipinski definition) is 4. The fourth-order valence-electron chi connectivity index (χ4n) is 2.93. The van der Waals surface area contributed by atoms with E-state index >= 15 is 0 Å². The topological polar surface area (TPSA) is 80.5 Å². The van der Waals surface area contributed by atoms with Crippen molar-refractivity contribution >= 4 is 27.5 Å².